The maximum atomic E-state index is 11.9. The van der Waals surface area contributed by atoms with Gasteiger partial charge in [0.15, 0.2) is 0 Å². The molecule has 0 aromatic carbocycles. The first-order valence-corrected chi connectivity index (χ1v) is 5.45. The molecule has 3 atom stereocenters. The Hall–Kier alpha value is -1.26. The van der Waals surface area contributed by atoms with Crippen LogP contribution in [0.3, 0.4) is 0 Å². The van der Waals surface area contributed by atoms with Gasteiger partial charge in [0.1, 0.15) is 6.04 Å². The Morgan fingerprint density at radius 3 is 2.33 bits per heavy atom. The van der Waals surface area contributed by atoms with E-state index in [0.717, 1.165) is 13.1 Å². The number of hydrogen-bond acceptors (Lipinski definition) is 2. The first-order chi connectivity index (χ1) is 7.16. The molecule has 3 aliphatic rings. The maximum absolute atomic E-state index is 11.9. The van der Waals surface area contributed by atoms with Gasteiger partial charge < -0.3 is 14.9 Å². The second-order valence-electron chi connectivity index (χ2n) is 4.78. The number of carbonyl (C=O) groups excluding carboxylic acids is 1. The number of carbonyl (C=O) groups is 2. The van der Waals surface area contributed by atoms with Gasteiger partial charge >= 0.3 is 12.0 Å². The van der Waals surface area contributed by atoms with Gasteiger partial charge in [-0.25, -0.2) is 9.59 Å². The van der Waals surface area contributed by atoms with Crippen molar-refractivity contribution in [1.29, 1.82) is 0 Å². The van der Waals surface area contributed by atoms with Gasteiger partial charge in [-0.05, 0) is 24.7 Å². The van der Waals surface area contributed by atoms with E-state index in [0.29, 0.717) is 24.8 Å². The highest BCUT2D eigenvalue weighted by Crippen LogP contribution is 2.45. The molecule has 0 radical (unpaired) electrons. The lowest BCUT2D eigenvalue weighted by atomic mass is 10.0. The van der Waals surface area contributed by atoms with Crippen molar-refractivity contribution in [3.05, 3.63) is 0 Å². The SMILES string of the molecule is O=C(O)C1CCN1C(=O)N1CC2CC2C1. The van der Waals surface area contributed by atoms with Gasteiger partial charge in [0.05, 0.1) is 0 Å². The molecule has 0 bridgehead atoms. The lowest BCUT2D eigenvalue weighted by Crippen LogP contribution is -2.58. The van der Waals surface area contributed by atoms with Gasteiger partial charge in [-0.3, -0.25) is 0 Å². The smallest absolute Gasteiger partial charge is 0.326 e. The van der Waals surface area contributed by atoms with Crippen molar-refractivity contribution in [2.24, 2.45) is 11.8 Å². The van der Waals surface area contributed by atoms with Gasteiger partial charge in [0, 0.05) is 19.6 Å². The summed E-state index contributed by atoms with van der Waals surface area (Å²) in [6, 6.07) is -0.643. The van der Waals surface area contributed by atoms with Crippen LogP contribution < -0.4 is 0 Å². The van der Waals surface area contributed by atoms with Gasteiger partial charge in [0.25, 0.3) is 0 Å². The summed E-state index contributed by atoms with van der Waals surface area (Å²) < 4.78 is 0. The van der Waals surface area contributed by atoms with Crippen LogP contribution in [0.15, 0.2) is 0 Å². The number of hydrogen-bond donors (Lipinski definition) is 1. The van der Waals surface area contributed by atoms with Crippen LogP contribution in [-0.2, 0) is 4.79 Å². The van der Waals surface area contributed by atoms with Crippen LogP contribution in [0, 0.1) is 11.8 Å². The summed E-state index contributed by atoms with van der Waals surface area (Å²) >= 11 is 0. The largest absolute Gasteiger partial charge is 0.480 e. The van der Waals surface area contributed by atoms with Crippen molar-refractivity contribution in [2.75, 3.05) is 19.6 Å². The van der Waals surface area contributed by atoms with Crippen LogP contribution in [0.25, 0.3) is 0 Å². The summed E-state index contributed by atoms with van der Waals surface area (Å²) in [5.74, 6) is 0.538. The molecule has 2 saturated heterocycles. The van der Waals surface area contributed by atoms with Crippen molar-refractivity contribution in [3.8, 4) is 0 Å². The Kier molecular flexibility index (Phi) is 1.72. The molecule has 0 aromatic heterocycles. The fourth-order valence-corrected chi connectivity index (χ4v) is 2.61. The quantitative estimate of drug-likeness (QED) is 0.673. The van der Waals surface area contributed by atoms with Gasteiger partial charge in [0.2, 0.25) is 0 Å². The molecule has 5 nitrogen and oxygen atoms in total. The minimum absolute atomic E-state index is 0.0687. The number of rotatable bonds is 1. The normalized spacial score (nSPS) is 37.2. The summed E-state index contributed by atoms with van der Waals surface area (Å²) in [4.78, 5) is 26.0. The number of likely N-dealkylation sites (tertiary alicyclic amines) is 2. The number of amides is 2. The molecule has 0 aromatic rings. The number of carboxylic acid groups (broad SMARTS) is 1. The van der Waals surface area contributed by atoms with Crippen LogP contribution in [-0.4, -0.2) is 52.6 Å². The average molecular weight is 210 g/mol. The van der Waals surface area contributed by atoms with Crippen molar-refractivity contribution in [3.63, 3.8) is 0 Å². The predicted molar refractivity (Wildman–Crippen MR) is 51.3 cm³/mol. The van der Waals surface area contributed by atoms with Crippen molar-refractivity contribution in [2.45, 2.75) is 18.9 Å². The fourth-order valence-electron chi connectivity index (χ4n) is 2.61. The molecule has 1 saturated carbocycles. The highest BCUT2D eigenvalue weighted by molar-refractivity contribution is 5.84. The third-order valence-corrected chi connectivity index (χ3v) is 3.80. The number of urea groups is 1. The van der Waals surface area contributed by atoms with Crippen LogP contribution in [0.5, 0.6) is 0 Å². The van der Waals surface area contributed by atoms with E-state index in [-0.39, 0.29) is 6.03 Å². The highest BCUT2D eigenvalue weighted by Gasteiger charge is 2.49. The zero-order valence-corrected chi connectivity index (χ0v) is 8.43. The summed E-state index contributed by atoms with van der Waals surface area (Å²) in [6.07, 6.45) is 1.86. The molecule has 1 N–H and O–H groups in total. The minimum Gasteiger partial charge on any atom is -0.480 e. The van der Waals surface area contributed by atoms with Gasteiger partial charge in [-0.15, -0.1) is 0 Å². The Labute approximate surface area is 87.6 Å². The first kappa shape index (κ1) is 9.00. The molecule has 0 spiro atoms. The van der Waals surface area contributed by atoms with Crippen LogP contribution in [0.2, 0.25) is 0 Å². The minimum atomic E-state index is -0.876. The molecule has 15 heavy (non-hydrogen) atoms. The predicted octanol–water partition coefficient (Wildman–Crippen LogP) is 0.217. The third-order valence-electron chi connectivity index (χ3n) is 3.80. The lowest BCUT2D eigenvalue weighted by molar-refractivity contribution is -0.146. The van der Waals surface area contributed by atoms with E-state index in [9.17, 15) is 9.59 Å². The maximum Gasteiger partial charge on any atom is 0.326 e. The van der Waals surface area contributed by atoms with E-state index in [1.807, 2.05) is 4.90 Å². The topological polar surface area (TPSA) is 60.9 Å². The van der Waals surface area contributed by atoms with E-state index in [2.05, 4.69) is 0 Å². The molecule has 82 valence electrons. The summed E-state index contributed by atoms with van der Waals surface area (Å²) in [5, 5.41) is 8.84. The lowest BCUT2D eigenvalue weighted by Gasteiger charge is -2.40. The molecule has 3 rings (SSSR count). The summed E-state index contributed by atoms with van der Waals surface area (Å²) in [7, 11) is 0. The van der Waals surface area contributed by atoms with Crippen LogP contribution in [0.4, 0.5) is 4.79 Å². The number of piperidine rings is 1. The average Bonchev–Trinajstić information content (AvgIpc) is 2.70. The molecule has 1 aliphatic carbocycles. The van der Waals surface area contributed by atoms with Crippen LogP contribution >= 0.6 is 0 Å². The Balaban J connectivity index is 1.62. The monoisotopic (exact) mass is 210 g/mol. The highest BCUT2D eigenvalue weighted by atomic mass is 16.4. The van der Waals surface area contributed by atoms with E-state index >= 15 is 0 Å². The zero-order chi connectivity index (χ0) is 10.6. The summed E-state index contributed by atoms with van der Waals surface area (Å²) in [6.45, 7) is 2.28. The molecule has 3 fully saturated rings. The van der Waals surface area contributed by atoms with Gasteiger partial charge in [-0.2, -0.15) is 0 Å². The number of carboxylic acids is 1. The number of nitrogens with zero attached hydrogens (tertiary/aromatic N) is 2. The first-order valence-electron chi connectivity index (χ1n) is 5.45. The van der Waals surface area contributed by atoms with E-state index in [1.54, 1.807) is 0 Å². The van der Waals surface area contributed by atoms with Crippen molar-refractivity contribution in [1.82, 2.24) is 9.80 Å². The molecule has 3 unspecified atom stereocenters. The molecular formula is C10H14N2O3. The Bertz CT molecular complexity index is 321. The van der Waals surface area contributed by atoms with Crippen molar-refractivity contribution >= 4 is 12.0 Å². The second-order valence-corrected chi connectivity index (χ2v) is 4.78. The number of aliphatic carboxylic acids is 1. The van der Waals surface area contributed by atoms with Crippen LogP contribution in [0.1, 0.15) is 12.8 Å². The summed E-state index contributed by atoms with van der Waals surface area (Å²) in [5.41, 5.74) is 0. The number of fused-ring (bicyclic) bond motifs is 1. The zero-order valence-electron chi connectivity index (χ0n) is 8.43. The fraction of sp³-hybridized carbons (Fsp3) is 0.800. The molecule has 5 heteroatoms. The second kappa shape index (κ2) is 2.87. The molecule has 2 amide bonds. The Morgan fingerprint density at radius 1 is 1.20 bits per heavy atom. The van der Waals surface area contributed by atoms with Gasteiger partial charge in [-0.1, -0.05) is 0 Å². The van der Waals surface area contributed by atoms with E-state index < -0.39 is 12.0 Å². The van der Waals surface area contributed by atoms with E-state index in [1.165, 1.54) is 11.3 Å². The van der Waals surface area contributed by atoms with E-state index in [4.69, 9.17) is 5.11 Å². The molecule has 2 heterocycles. The third kappa shape index (κ3) is 1.29. The molecular weight excluding hydrogens is 196 g/mol. The Morgan fingerprint density at radius 2 is 1.87 bits per heavy atom. The standard InChI is InChI=1S/C10H14N2O3/c13-9(14)8-1-2-12(8)10(15)11-4-6-3-7(6)5-11/h6-8H,1-5H2,(H,13,14). The molecule has 2 aliphatic heterocycles. The van der Waals surface area contributed by atoms with Crippen molar-refractivity contribution < 1.29 is 14.7 Å².